The van der Waals surface area contributed by atoms with Gasteiger partial charge >= 0.3 is 6.18 Å². The number of nitrogens with one attached hydrogen (secondary N) is 1. The molecule has 0 fully saturated rings. The number of aromatic nitrogens is 1. The first-order valence-electron chi connectivity index (χ1n) is 6.83. The van der Waals surface area contributed by atoms with Crippen molar-refractivity contribution in [3.8, 4) is 0 Å². The molecular weight excluding hydrogens is 345 g/mol. The second-order valence-corrected chi connectivity index (χ2v) is 7.13. The lowest BCUT2D eigenvalue weighted by Gasteiger charge is -2.16. The molecular formula is C15H15F3N2O3S. The van der Waals surface area contributed by atoms with Crippen molar-refractivity contribution < 1.29 is 26.7 Å². The van der Waals surface area contributed by atoms with Gasteiger partial charge in [-0.1, -0.05) is 12.1 Å². The fraction of sp³-hybridized carbons (Fsp3) is 0.267. The van der Waals surface area contributed by atoms with Crippen molar-refractivity contribution in [1.29, 1.82) is 0 Å². The molecule has 0 bridgehead atoms. The minimum absolute atomic E-state index is 0.0334. The minimum Gasteiger partial charge on any atom is -0.387 e. The van der Waals surface area contributed by atoms with E-state index in [1.165, 1.54) is 30.5 Å². The molecule has 1 unspecified atom stereocenters. The van der Waals surface area contributed by atoms with Crippen LogP contribution in [-0.4, -0.2) is 31.3 Å². The van der Waals surface area contributed by atoms with Gasteiger partial charge in [-0.15, -0.1) is 0 Å². The molecule has 0 spiro atoms. The van der Waals surface area contributed by atoms with E-state index in [2.05, 4.69) is 10.3 Å². The average Bonchev–Trinajstić information content (AvgIpc) is 2.51. The van der Waals surface area contributed by atoms with Gasteiger partial charge in [0.2, 0.25) is 0 Å². The highest BCUT2D eigenvalue weighted by Crippen LogP contribution is 2.31. The van der Waals surface area contributed by atoms with Gasteiger partial charge in [0.05, 0.1) is 11.7 Å². The Labute approximate surface area is 137 Å². The van der Waals surface area contributed by atoms with E-state index in [0.717, 1.165) is 18.4 Å². The Bertz CT molecular complexity index is 823. The van der Waals surface area contributed by atoms with Crippen molar-refractivity contribution in [2.24, 2.45) is 0 Å². The molecule has 0 aliphatic carbocycles. The van der Waals surface area contributed by atoms with Gasteiger partial charge < -0.3 is 10.4 Å². The van der Waals surface area contributed by atoms with Gasteiger partial charge in [0.1, 0.15) is 10.7 Å². The van der Waals surface area contributed by atoms with Crippen molar-refractivity contribution in [1.82, 2.24) is 4.98 Å². The maximum absolute atomic E-state index is 12.7. The standard InChI is InChI=1S/C15H15F3N2O3S/c1-24(22,23)13-6-3-7-19-14(13)20-9-12(21)10-4-2-5-11(8-10)15(16,17)18/h2-8,12,21H,9H2,1H3,(H,19,20). The molecule has 130 valence electrons. The van der Waals surface area contributed by atoms with Gasteiger partial charge in [-0.05, 0) is 29.8 Å². The van der Waals surface area contributed by atoms with Crippen molar-refractivity contribution in [2.45, 2.75) is 17.2 Å². The highest BCUT2D eigenvalue weighted by atomic mass is 32.2. The summed E-state index contributed by atoms with van der Waals surface area (Å²) >= 11 is 0. The number of aliphatic hydroxyl groups is 1. The molecule has 2 rings (SSSR count). The molecule has 9 heteroatoms. The minimum atomic E-state index is -4.51. The van der Waals surface area contributed by atoms with Crippen molar-refractivity contribution >= 4 is 15.7 Å². The van der Waals surface area contributed by atoms with Crippen LogP contribution in [-0.2, 0) is 16.0 Å². The molecule has 1 heterocycles. The van der Waals surface area contributed by atoms with Gasteiger partial charge in [0.25, 0.3) is 0 Å². The van der Waals surface area contributed by atoms with Crippen LogP contribution < -0.4 is 5.32 Å². The quantitative estimate of drug-likeness (QED) is 0.857. The third-order valence-corrected chi connectivity index (χ3v) is 4.36. The van der Waals surface area contributed by atoms with Crippen LogP contribution in [0.3, 0.4) is 0 Å². The molecule has 0 saturated carbocycles. The zero-order chi connectivity index (χ0) is 18.0. The van der Waals surface area contributed by atoms with Crippen LogP contribution in [0, 0.1) is 0 Å². The lowest BCUT2D eigenvalue weighted by atomic mass is 10.1. The van der Waals surface area contributed by atoms with E-state index in [9.17, 15) is 26.7 Å². The second-order valence-electron chi connectivity index (χ2n) is 5.14. The first kappa shape index (κ1) is 18.2. The number of nitrogens with zero attached hydrogens (tertiary/aromatic N) is 1. The Kier molecular flexibility index (Phi) is 5.14. The number of rotatable bonds is 5. The van der Waals surface area contributed by atoms with Crippen LogP contribution in [0.15, 0.2) is 47.5 Å². The van der Waals surface area contributed by atoms with Crippen LogP contribution in [0.5, 0.6) is 0 Å². The van der Waals surface area contributed by atoms with Crippen molar-refractivity contribution in [2.75, 3.05) is 18.1 Å². The van der Waals surface area contributed by atoms with Gasteiger partial charge in [-0.25, -0.2) is 13.4 Å². The van der Waals surface area contributed by atoms with E-state index in [1.54, 1.807) is 0 Å². The molecule has 24 heavy (non-hydrogen) atoms. The Balaban J connectivity index is 2.17. The van der Waals surface area contributed by atoms with Gasteiger partial charge in [-0.2, -0.15) is 13.2 Å². The predicted octanol–water partition coefficient (Wildman–Crippen LogP) is 2.65. The molecule has 0 aliphatic heterocycles. The number of sulfone groups is 1. The summed E-state index contributed by atoms with van der Waals surface area (Å²) in [6.07, 6.45) is -3.39. The molecule has 2 aromatic rings. The summed E-state index contributed by atoms with van der Waals surface area (Å²) in [5, 5.41) is 12.7. The number of halogens is 3. The molecule has 1 aromatic carbocycles. The molecule has 1 aromatic heterocycles. The van der Waals surface area contributed by atoms with Crippen LogP contribution in [0.2, 0.25) is 0 Å². The Hall–Kier alpha value is -2.13. The lowest BCUT2D eigenvalue weighted by Crippen LogP contribution is -2.16. The van der Waals surface area contributed by atoms with E-state index >= 15 is 0 Å². The number of anilines is 1. The van der Waals surface area contributed by atoms with E-state index in [0.29, 0.717) is 0 Å². The summed E-state index contributed by atoms with van der Waals surface area (Å²) < 4.78 is 61.4. The SMILES string of the molecule is CS(=O)(=O)c1cccnc1NCC(O)c1cccc(C(F)(F)F)c1. The average molecular weight is 360 g/mol. The smallest absolute Gasteiger partial charge is 0.387 e. The van der Waals surface area contributed by atoms with E-state index in [-0.39, 0.29) is 22.8 Å². The number of pyridine rings is 1. The number of aliphatic hydroxyl groups excluding tert-OH is 1. The summed E-state index contributed by atoms with van der Waals surface area (Å²) in [4.78, 5) is 3.83. The van der Waals surface area contributed by atoms with E-state index in [4.69, 9.17) is 0 Å². The molecule has 0 aliphatic rings. The summed E-state index contributed by atoms with van der Waals surface area (Å²) in [5.41, 5.74) is -0.803. The van der Waals surface area contributed by atoms with Crippen molar-refractivity contribution in [3.63, 3.8) is 0 Å². The third kappa shape index (κ3) is 4.45. The number of hydrogen-bond donors (Lipinski definition) is 2. The maximum atomic E-state index is 12.7. The predicted molar refractivity (Wildman–Crippen MR) is 82.2 cm³/mol. The Morgan fingerprint density at radius 2 is 1.96 bits per heavy atom. The van der Waals surface area contributed by atoms with Gasteiger partial charge in [-0.3, -0.25) is 0 Å². The molecule has 0 saturated heterocycles. The highest BCUT2D eigenvalue weighted by molar-refractivity contribution is 7.90. The fourth-order valence-corrected chi connectivity index (χ4v) is 2.86. The van der Waals surface area contributed by atoms with E-state index < -0.39 is 27.7 Å². The topological polar surface area (TPSA) is 79.3 Å². The molecule has 1 atom stereocenters. The van der Waals surface area contributed by atoms with Crippen molar-refractivity contribution in [3.05, 3.63) is 53.7 Å². The van der Waals surface area contributed by atoms with Gasteiger partial charge in [0, 0.05) is 19.0 Å². The number of benzene rings is 1. The van der Waals surface area contributed by atoms with Crippen LogP contribution in [0.25, 0.3) is 0 Å². The zero-order valence-corrected chi connectivity index (χ0v) is 13.4. The van der Waals surface area contributed by atoms with Crippen LogP contribution >= 0.6 is 0 Å². The molecule has 0 radical (unpaired) electrons. The fourth-order valence-electron chi connectivity index (χ4n) is 2.06. The van der Waals surface area contributed by atoms with Gasteiger partial charge in [0.15, 0.2) is 9.84 Å². The summed E-state index contributed by atoms with van der Waals surface area (Å²) in [7, 11) is -3.53. The maximum Gasteiger partial charge on any atom is 0.416 e. The van der Waals surface area contributed by atoms with Crippen LogP contribution in [0.4, 0.5) is 19.0 Å². The monoisotopic (exact) mass is 360 g/mol. The van der Waals surface area contributed by atoms with E-state index in [1.807, 2.05) is 0 Å². The lowest BCUT2D eigenvalue weighted by molar-refractivity contribution is -0.137. The first-order valence-corrected chi connectivity index (χ1v) is 8.72. The summed E-state index contributed by atoms with van der Waals surface area (Å²) in [5.74, 6) is 0.0334. The zero-order valence-electron chi connectivity index (χ0n) is 12.6. The summed E-state index contributed by atoms with van der Waals surface area (Å²) in [6, 6.07) is 7.11. The molecule has 2 N–H and O–H groups in total. The Morgan fingerprint density at radius 1 is 1.25 bits per heavy atom. The largest absolute Gasteiger partial charge is 0.416 e. The Morgan fingerprint density at radius 3 is 2.58 bits per heavy atom. The third-order valence-electron chi connectivity index (χ3n) is 3.23. The molecule has 0 amide bonds. The van der Waals surface area contributed by atoms with Crippen LogP contribution in [0.1, 0.15) is 17.2 Å². The summed E-state index contributed by atoms with van der Waals surface area (Å²) in [6.45, 7) is -0.194. The normalized spacial score (nSPS) is 13.5. The molecule has 5 nitrogen and oxygen atoms in total. The second kappa shape index (κ2) is 6.78. The highest BCUT2D eigenvalue weighted by Gasteiger charge is 2.30. The first-order chi connectivity index (χ1) is 11.1. The number of alkyl halides is 3. The number of hydrogen-bond acceptors (Lipinski definition) is 5.